The third-order valence-corrected chi connectivity index (χ3v) is 3.58. The van der Waals surface area contributed by atoms with Crippen molar-refractivity contribution in [1.29, 1.82) is 0 Å². The topological polar surface area (TPSA) is 46.3 Å². The van der Waals surface area contributed by atoms with Crippen molar-refractivity contribution in [3.8, 4) is 0 Å². The Morgan fingerprint density at radius 3 is 2.50 bits per heavy atom. The third-order valence-electron chi connectivity index (χ3n) is 3.33. The molecule has 0 bridgehead atoms. The van der Waals surface area contributed by atoms with E-state index >= 15 is 0 Å². The van der Waals surface area contributed by atoms with E-state index in [4.69, 9.17) is 18.0 Å². The molecule has 1 saturated heterocycles. The van der Waals surface area contributed by atoms with E-state index in [-0.39, 0.29) is 17.7 Å². The number of carbonyl (C=O) groups is 1. The molecule has 16 heavy (non-hydrogen) atoms. The maximum atomic E-state index is 12.4. The molecule has 92 valence electrons. The number of hydrogen-bond donors (Lipinski definition) is 1. The average molecular weight is 242 g/mol. The zero-order valence-electron chi connectivity index (χ0n) is 10.4. The predicted octanol–water partition coefficient (Wildman–Crippen LogP) is 1.95. The van der Waals surface area contributed by atoms with Crippen molar-refractivity contribution in [2.24, 2.45) is 17.6 Å². The molecular formula is C12H22N2OS. The Morgan fingerprint density at radius 2 is 2.06 bits per heavy atom. The fourth-order valence-corrected chi connectivity index (χ4v) is 2.71. The summed E-state index contributed by atoms with van der Waals surface area (Å²) in [5.74, 6) is 0.00405. The van der Waals surface area contributed by atoms with E-state index in [1.807, 2.05) is 18.7 Å². The number of carbonyl (C=O) groups excluding carboxylic acids is 1. The van der Waals surface area contributed by atoms with Gasteiger partial charge < -0.3 is 10.6 Å². The molecule has 3 nitrogen and oxygen atoms in total. The van der Waals surface area contributed by atoms with E-state index in [9.17, 15) is 4.79 Å². The lowest BCUT2D eigenvalue weighted by Gasteiger charge is -2.36. The van der Waals surface area contributed by atoms with Crippen LogP contribution in [0, 0.1) is 11.8 Å². The number of piperidine rings is 1. The Morgan fingerprint density at radius 1 is 1.44 bits per heavy atom. The number of rotatable bonds is 3. The molecule has 1 aliphatic rings. The van der Waals surface area contributed by atoms with Gasteiger partial charge in [0.15, 0.2) is 0 Å². The van der Waals surface area contributed by atoms with Crippen LogP contribution in [0.5, 0.6) is 0 Å². The van der Waals surface area contributed by atoms with Crippen LogP contribution in [0.15, 0.2) is 0 Å². The van der Waals surface area contributed by atoms with Gasteiger partial charge in [-0.3, -0.25) is 4.79 Å². The van der Waals surface area contributed by atoms with Gasteiger partial charge in [0.05, 0.1) is 10.9 Å². The number of thiocarbonyl (C=S) groups is 1. The minimum atomic E-state index is -0.296. The largest absolute Gasteiger partial charge is 0.393 e. The summed E-state index contributed by atoms with van der Waals surface area (Å²) in [6, 6.07) is 0.330. The molecule has 1 rings (SSSR count). The highest BCUT2D eigenvalue weighted by molar-refractivity contribution is 7.80. The Kier molecular flexibility index (Phi) is 4.71. The third kappa shape index (κ3) is 2.94. The van der Waals surface area contributed by atoms with Gasteiger partial charge in [0.1, 0.15) is 0 Å². The quantitative estimate of drug-likeness (QED) is 0.769. The van der Waals surface area contributed by atoms with Gasteiger partial charge in [-0.15, -0.1) is 0 Å². The van der Waals surface area contributed by atoms with Crippen molar-refractivity contribution in [3.05, 3.63) is 0 Å². The number of nitrogens with zero attached hydrogens (tertiary/aromatic N) is 1. The van der Waals surface area contributed by atoms with Crippen LogP contribution in [0.2, 0.25) is 0 Å². The van der Waals surface area contributed by atoms with Crippen LogP contribution in [0.25, 0.3) is 0 Å². The predicted molar refractivity (Wildman–Crippen MR) is 70.1 cm³/mol. The first-order chi connectivity index (χ1) is 7.45. The first-order valence-electron chi connectivity index (χ1n) is 6.05. The Balaban J connectivity index is 2.77. The number of likely N-dealkylation sites (tertiary alicyclic amines) is 1. The summed E-state index contributed by atoms with van der Waals surface area (Å²) in [6.07, 6.45) is 3.40. The molecular weight excluding hydrogens is 220 g/mol. The van der Waals surface area contributed by atoms with Gasteiger partial charge in [0.2, 0.25) is 5.91 Å². The fourth-order valence-electron chi connectivity index (χ4n) is 2.34. The molecule has 0 radical (unpaired) electrons. The van der Waals surface area contributed by atoms with E-state index in [0.29, 0.717) is 11.0 Å². The summed E-state index contributed by atoms with van der Waals surface area (Å²) in [7, 11) is 0. The molecule has 0 saturated carbocycles. The van der Waals surface area contributed by atoms with Gasteiger partial charge in [-0.1, -0.05) is 26.1 Å². The minimum Gasteiger partial charge on any atom is -0.393 e. The molecule has 2 N–H and O–H groups in total. The van der Waals surface area contributed by atoms with Crippen LogP contribution in [0.4, 0.5) is 0 Å². The number of nitrogens with two attached hydrogens (primary N) is 1. The standard InChI is InChI=1S/C12H22N2OS/c1-8(2)10(11(13)16)12(15)14-7-5-4-6-9(14)3/h8-10H,4-7H2,1-3H3,(H2,13,16). The summed E-state index contributed by atoms with van der Waals surface area (Å²) in [6.45, 7) is 6.95. The van der Waals surface area contributed by atoms with Crippen molar-refractivity contribution in [2.45, 2.75) is 46.1 Å². The second kappa shape index (κ2) is 5.62. The monoisotopic (exact) mass is 242 g/mol. The maximum Gasteiger partial charge on any atom is 0.233 e. The van der Waals surface area contributed by atoms with Gasteiger partial charge in [-0.25, -0.2) is 0 Å². The molecule has 2 unspecified atom stereocenters. The zero-order chi connectivity index (χ0) is 12.3. The molecule has 1 aliphatic heterocycles. The SMILES string of the molecule is CC(C)C(C(=O)N1CCCCC1C)C(N)=S. The summed E-state index contributed by atoms with van der Waals surface area (Å²) >= 11 is 5.01. The minimum absolute atomic E-state index is 0.120. The van der Waals surface area contributed by atoms with Crippen molar-refractivity contribution in [2.75, 3.05) is 6.54 Å². The van der Waals surface area contributed by atoms with Crippen LogP contribution in [0.3, 0.4) is 0 Å². The van der Waals surface area contributed by atoms with E-state index in [1.165, 1.54) is 6.42 Å². The summed E-state index contributed by atoms with van der Waals surface area (Å²) < 4.78 is 0. The Labute approximate surface area is 103 Å². The molecule has 4 heteroatoms. The molecule has 0 aromatic rings. The molecule has 1 amide bonds. The van der Waals surface area contributed by atoms with Gasteiger partial charge >= 0.3 is 0 Å². The van der Waals surface area contributed by atoms with E-state index in [2.05, 4.69) is 6.92 Å². The van der Waals surface area contributed by atoms with Crippen LogP contribution in [-0.2, 0) is 4.79 Å². The van der Waals surface area contributed by atoms with Crippen LogP contribution in [-0.4, -0.2) is 28.4 Å². The van der Waals surface area contributed by atoms with Crippen molar-refractivity contribution >= 4 is 23.1 Å². The Hall–Kier alpha value is -0.640. The highest BCUT2D eigenvalue weighted by Crippen LogP contribution is 2.22. The number of amides is 1. The highest BCUT2D eigenvalue weighted by Gasteiger charge is 2.32. The zero-order valence-corrected chi connectivity index (χ0v) is 11.2. The highest BCUT2D eigenvalue weighted by atomic mass is 32.1. The van der Waals surface area contributed by atoms with Gasteiger partial charge in [0.25, 0.3) is 0 Å². The van der Waals surface area contributed by atoms with E-state index in [1.54, 1.807) is 0 Å². The van der Waals surface area contributed by atoms with E-state index in [0.717, 1.165) is 19.4 Å². The van der Waals surface area contributed by atoms with Gasteiger partial charge in [-0.05, 0) is 32.1 Å². The van der Waals surface area contributed by atoms with Gasteiger partial charge in [-0.2, -0.15) is 0 Å². The Bertz CT molecular complexity index is 278. The van der Waals surface area contributed by atoms with Crippen molar-refractivity contribution in [3.63, 3.8) is 0 Å². The lowest BCUT2D eigenvalue weighted by Crippen LogP contribution is -2.49. The molecule has 1 heterocycles. The average Bonchev–Trinajstić information content (AvgIpc) is 2.16. The second-order valence-corrected chi connectivity index (χ2v) is 5.47. The second-order valence-electron chi connectivity index (χ2n) is 5.00. The summed E-state index contributed by atoms with van der Waals surface area (Å²) in [5, 5.41) is 0. The van der Waals surface area contributed by atoms with Gasteiger partial charge in [0, 0.05) is 12.6 Å². The maximum absolute atomic E-state index is 12.4. The summed E-state index contributed by atoms with van der Waals surface area (Å²) in [5.41, 5.74) is 5.67. The first-order valence-corrected chi connectivity index (χ1v) is 6.45. The van der Waals surface area contributed by atoms with Crippen LogP contribution >= 0.6 is 12.2 Å². The molecule has 1 fully saturated rings. The van der Waals surface area contributed by atoms with Crippen molar-refractivity contribution < 1.29 is 4.79 Å². The molecule has 0 spiro atoms. The van der Waals surface area contributed by atoms with E-state index < -0.39 is 0 Å². The van der Waals surface area contributed by atoms with Crippen LogP contribution in [0.1, 0.15) is 40.0 Å². The lowest BCUT2D eigenvalue weighted by atomic mass is 9.92. The normalized spacial score (nSPS) is 23.2. The fraction of sp³-hybridized carbons (Fsp3) is 0.833. The first kappa shape index (κ1) is 13.4. The summed E-state index contributed by atoms with van der Waals surface area (Å²) in [4.78, 5) is 14.6. The number of hydrogen-bond acceptors (Lipinski definition) is 2. The molecule has 0 aromatic heterocycles. The van der Waals surface area contributed by atoms with Crippen molar-refractivity contribution in [1.82, 2.24) is 4.90 Å². The molecule has 0 aliphatic carbocycles. The lowest BCUT2D eigenvalue weighted by molar-refractivity contribution is -0.137. The molecule has 0 aromatic carbocycles. The molecule has 2 atom stereocenters. The van der Waals surface area contributed by atoms with Crippen LogP contribution < -0.4 is 5.73 Å². The smallest absolute Gasteiger partial charge is 0.233 e.